The maximum absolute atomic E-state index is 4.83. The van der Waals surface area contributed by atoms with Gasteiger partial charge in [0.15, 0.2) is 0 Å². The van der Waals surface area contributed by atoms with E-state index in [-0.39, 0.29) is 31.0 Å². The minimum atomic E-state index is 0. The van der Waals surface area contributed by atoms with Crippen molar-refractivity contribution in [1.29, 1.82) is 0 Å². The molecule has 0 amide bonds. The Kier molecular flexibility index (Phi) is 17.4. The second kappa shape index (κ2) is 17.8. The van der Waals surface area contributed by atoms with Crippen LogP contribution in [0.2, 0.25) is 0 Å². The Morgan fingerprint density at radius 1 is 0.692 bits per heavy atom. The molecule has 0 aromatic heterocycles. The van der Waals surface area contributed by atoms with Gasteiger partial charge in [0.05, 0.1) is 0 Å². The van der Waals surface area contributed by atoms with Gasteiger partial charge in [0.2, 0.25) is 0 Å². The fourth-order valence-electron chi connectivity index (χ4n) is 2.94. The van der Waals surface area contributed by atoms with Gasteiger partial charge in [-0.15, -0.1) is 0 Å². The topological polar surface area (TPSA) is 9.23 Å². The van der Waals surface area contributed by atoms with Crippen LogP contribution < -0.4 is 29.6 Å². The van der Waals surface area contributed by atoms with E-state index >= 15 is 0 Å². The molecule has 2 aromatic carbocycles. The van der Waals surface area contributed by atoms with Gasteiger partial charge < -0.3 is 6.16 Å². The van der Waals surface area contributed by atoms with Crippen LogP contribution in [0.3, 0.4) is 0 Å². The Labute approximate surface area is 185 Å². The maximum atomic E-state index is 4.83. The van der Waals surface area contributed by atoms with Crippen molar-refractivity contribution in [3.05, 3.63) is 60.2 Å². The van der Waals surface area contributed by atoms with Gasteiger partial charge in [-0.1, -0.05) is 93.6 Å². The van der Waals surface area contributed by atoms with Crippen LogP contribution in [0.15, 0.2) is 54.6 Å². The van der Waals surface area contributed by atoms with Gasteiger partial charge in [-0.05, 0) is 43.4 Å². The summed E-state index contributed by atoms with van der Waals surface area (Å²) in [5.41, 5.74) is 4.24. The standard InChI is InChI=1S/C20H26.C4H10O.Na.H/c1-2-3-4-5-6-8-13-19-16-11-12-17-20(19)18-14-9-7-10-15-18;1-3-5-4-2;;/h7,9-12,14-17H,2-6,8,13H2,1H3;3-4H2,1-2H3;;/q;;+1;-1. The van der Waals surface area contributed by atoms with Gasteiger partial charge in [-0.3, -0.25) is 0 Å². The summed E-state index contributed by atoms with van der Waals surface area (Å²) in [5, 5.41) is 0. The minimum absolute atomic E-state index is 0. The van der Waals surface area contributed by atoms with E-state index in [2.05, 4.69) is 61.5 Å². The van der Waals surface area contributed by atoms with Gasteiger partial charge in [-0.25, -0.2) is 0 Å². The normalized spacial score (nSPS) is 9.81. The van der Waals surface area contributed by atoms with E-state index in [0.717, 1.165) is 13.2 Å². The molecule has 0 radical (unpaired) electrons. The monoisotopic (exact) mass is 364 g/mol. The first-order chi connectivity index (χ1) is 12.3. The van der Waals surface area contributed by atoms with Crippen molar-refractivity contribution in [3.63, 3.8) is 0 Å². The Balaban J connectivity index is 0. The minimum Gasteiger partial charge on any atom is -1.00 e. The number of hydrogen-bond acceptors (Lipinski definition) is 1. The predicted molar refractivity (Wildman–Crippen MR) is 112 cm³/mol. The number of unbranched alkanes of at least 4 members (excludes halogenated alkanes) is 5. The molecule has 0 N–H and O–H groups in total. The van der Waals surface area contributed by atoms with Crippen LogP contribution in [0.5, 0.6) is 0 Å². The fourth-order valence-corrected chi connectivity index (χ4v) is 2.94. The molecule has 2 heteroatoms. The molecule has 0 heterocycles. The molecule has 0 fully saturated rings. The van der Waals surface area contributed by atoms with Crippen LogP contribution in [0.4, 0.5) is 0 Å². The Bertz CT molecular complexity index is 543. The molecule has 0 spiro atoms. The van der Waals surface area contributed by atoms with E-state index < -0.39 is 0 Å². The summed E-state index contributed by atoms with van der Waals surface area (Å²) in [6, 6.07) is 19.6. The van der Waals surface area contributed by atoms with Crippen molar-refractivity contribution in [2.24, 2.45) is 0 Å². The zero-order valence-electron chi connectivity index (χ0n) is 18.5. The summed E-state index contributed by atoms with van der Waals surface area (Å²) >= 11 is 0. The molecule has 0 bridgehead atoms. The number of ether oxygens (including phenoxy) is 1. The van der Waals surface area contributed by atoms with E-state index in [4.69, 9.17) is 4.74 Å². The number of benzene rings is 2. The van der Waals surface area contributed by atoms with E-state index in [1.54, 1.807) is 0 Å². The fraction of sp³-hybridized carbons (Fsp3) is 0.500. The molecule has 0 atom stereocenters. The second-order valence-electron chi connectivity index (χ2n) is 6.32. The molecule has 2 rings (SSSR count). The summed E-state index contributed by atoms with van der Waals surface area (Å²) in [6.07, 6.45) is 9.39. The molecule has 0 aliphatic heterocycles. The van der Waals surface area contributed by atoms with E-state index in [9.17, 15) is 0 Å². The number of hydrogen-bond donors (Lipinski definition) is 0. The van der Waals surface area contributed by atoms with Crippen LogP contribution in [-0.2, 0) is 11.2 Å². The summed E-state index contributed by atoms with van der Waals surface area (Å²) in [4.78, 5) is 0. The van der Waals surface area contributed by atoms with Crippen molar-refractivity contribution < 1.29 is 35.7 Å². The van der Waals surface area contributed by atoms with E-state index in [1.165, 1.54) is 61.6 Å². The van der Waals surface area contributed by atoms with Crippen molar-refractivity contribution in [2.45, 2.75) is 65.7 Å². The third-order valence-electron chi connectivity index (χ3n) is 4.31. The zero-order chi connectivity index (χ0) is 18.2. The van der Waals surface area contributed by atoms with Gasteiger partial charge in [0.1, 0.15) is 0 Å². The Morgan fingerprint density at radius 2 is 1.27 bits per heavy atom. The first kappa shape index (κ1) is 25.4. The molecule has 26 heavy (non-hydrogen) atoms. The molecule has 0 saturated carbocycles. The van der Waals surface area contributed by atoms with Crippen LogP contribution in [0.25, 0.3) is 11.1 Å². The average molecular weight is 365 g/mol. The van der Waals surface area contributed by atoms with Gasteiger partial charge in [0.25, 0.3) is 0 Å². The van der Waals surface area contributed by atoms with E-state index in [0.29, 0.717) is 0 Å². The summed E-state index contributed by atoms with van der Waals surface area (Å²) in [5.74, 6) is 0. The molecule has 0 unspecified atom stereocenters. The maximum Gasteiger partial charge on any atom is 1.00 e. The number of rotatable bonds is 10. The van der Waals surface area contributed by atoms with Gasteiger partial charge >= 0.3 is 29.6 Å². The summed E-state index contributed by atoms with van der Waals surface area (Å²) in [7, 11) is 0. The molecule has 0 aliphatic rings. The molecule has 2 aromatic rings. The quantitative estimate of drug-likeness (QED) is 0.448. The molecule has 0 aliphatic carbocycles. The summed E-state index contributed by atoms with van der Waals surface area (Å²) < 4.78 is 4.83. The van der Waals surface area contributed by atoms with Crippen LogP contribution in [-0.4, -0.2) is 13.2 Å². The van der Waals surface area contributed by atoms with E-state index in [1.807, 2.05) is 13.8 Å². The molecular formula is C24H37NaO. The summed E-state index contributed by atoms with van der Waals surface area (Å²) in [6.45, 7) is 7.94. The van der Waals surface area contributed by atoms with Crippen LogP contribution in [0, 0.1) is 0 Å². The molecular weight excluding hydrogens is 327 g/mol. The first-order valence-electron chi connectivity index (χ1n) is 10.0. The average Bonchev–Trinajstić information content (AvgIpc) is 2.67. The van der Waals surface area contributed by atoms with Crippen molar-refractivity contribution >= 4 is 0 Å². The largest absolute Gasteiger partial charge is 1.00 e. The van der Waals surface area contributed by atoms with Gasteiger partial charge in [0, 0.05) is 13.2 Å². The van der Waals surface area contributed by atoms with Crippen LogP contribution in [0.1, 0.15) is 66.3 Å². The first-order valence-corrected chi connectivity index (χ1v) is 10.0. The van der Waals surface area contributed by atoms with Crippen molar-refractivity contribution in [2.75, 3.05) is 13.2 Å². The van der Waals surface area contributed by atoms with Crippen molar-refractivity contribution in [3.8, 4) is 11.1 Å². The zero-order valence-corrected chi connectivity index (χ0v) is 19.5. The number of aryl methyl sites for hydroxylation is 1. The molecule has 1 nitrogen and oxygen atoms in total. The smallest absolute Gasteiger partial charge is 1.00 e. The third-order valence-corrected chi connectivity index (χ3v) is 4.31. The Morgan fingerprint density at radius 3 is 1.88 bits per heavy atom. The van der Waals surface area contributed by atoms with Crippen LogP contribution >= 0.6 is 0 Å². The van der Waals surface area contributed by atoms with Gasteiger partial charge in [-0.2, -0.15) is 0 Å². The second-order valence-corrected chi connectivity index (χ2v) is 6.32. The third kappa shape index (κ3) is 11.2. The molecule has 140 valence electrons. The molecule has 0 saturated heterocycles. The SMILES string of the molecule is CCCCCCCCc1ccccc1-c1ccccc1.CCOCC.[H-].[Na+]. The predicted octanol–water partition coefficient (Wildman–Crippen LogP) is 4.42. The van der Waals surface area contributed by atoms with Crippen molar-refractivity contribution in [1.82, 2.24) is 0 Å². The Hall–Kier alpha value is -0.600.